The SMILES string of the molecule is NCCc1ccc(N2CC(S(N)(=O)=O)CC2=O)cc1. The van der Waals surface area contributed by atoms with Crippen molar-refractivity contribution in [2.24, 2.45) is 10.9 Å². The number of primary sulfonamides is 1. The molecule has 19 heavy (non-hydrogen) atoms. The quantitative estimate of drug-likeness (QED) is 0.782. The topological polar surface area (TPSA) is 106 Å². The number of nitrogens with zero attached hydrogens (tertiary/aromatic N) is 1. The van der Waals surface area contributed by atoms with E-state index in [0.29, 0.717) is 12.2 Å². The Morgan fingerprint density at radius 1 is 1.26 bits per heavy atom. The van der Waals surface area contributed by atoms with Crippen molar-refractivity contribution in [2.45, 2.75) is 18.1 Å². The van der Waals surface area contributed by atoms with Crippen LogP contribution in [0.25, 0.3) is 0 Å². The summed E-state index contributed by atoms with van der Waals surface area (Å²) >= 11 is 0. The van der Waals surface area contributed by atoms with E-state index in [2.05, 4.69) is 0 Å². The smallest absolute Gasteiger partial charge is 0.228 e. The van der Waals surface area contributed by atoms with Gasteiger partial charge in [-0.1, -0.05) is 12.1 Å². The van der Waals surface area contributed by atoms with Crippen molar-refractivity contribution < 1.29 is 13.2 Å². The lowest BCUT2D eigenvalue weighted by Crippen LogP contribution is -2.32. The van der Waals surface area contributed by atoms with E-state index in [1.165, 1.54) is 4.90 Å². The van der Waals surface area contributed by atoms with Crippen LogP contribution >= 0.6 is 0 Å². The first-order chi connectivity index (χ1) is 8.91. The molecule has 0 aromatic heterocycles. The molecule has 0 saturated carbocycles. The van der Waals surface area contributed by atoms with Gasteiger partial charge in [-0.15, -0.1) is 0 Å². The van der Waals surface area contributed by atoms with Gasteiger partial charge in [0.05, 0.1) is 0 Å². The van der Waals surface area contributed by atoms with Gasteiger partial charge in [0, 0.05) is 18.7 Å². The number of carbonyl (C=O) groups is 1. The summed E-state index contributed by atoms with van der Waals surface area (Å²) in [5, 5.41) is 4.27. The molecule has 0 bridgehead atoms. The summed E-state index contributed by atoms with van der Waals surface area (Å²) in [5.41, 5.74) is 7.24. The number of hydrogen-bond acceptors (Lipinski definition) is 4. The molecule has 1 aromatic rings. The number of benzene rings is 1. The molecular weight excluding hydrogens is 266 g/mol. The highest BCUT2D eigenvalue weighted by Crippen LogP contribution is 2.24. The minimum atomic E-state index is -3.67. The molecule has 6 nitrogen and oxygen atoms in total. The predicted octanol–water partition coefficient (Wildman–Crippen LogP) is -0.418. The van der Waals surface area contributed by atoms with Crippen LogP contribution in [-0.2, 0) is 21.2 Å². The van der Waals surface area contributed by atoms with Crippen LogP contribution in [-0.4, -0.2) is 32.7 Å². The van der Waals surface area contributed by atoms with Crippen molar-refractivity contribution in [3.63, 3.8) is 0 Å². The summed E-state index contributed by atoms with van der Waals surface area (Å²) in [7, 11) is -3.67. The maximum Gasteiger partial charge on any atom is 0.228 e. The van der Waals surface area contributed by atoms with E-state index >= 15 is 0 Å². The maximum atomic E-state index is 11.8. The van der Waals surface area contributed by atoms with E-state index in [-0.39, 0.29) is 18.9 Å². The number of carbonyl (C=O) groups excluding carboxylic acids is 1. The molecule has 0 aliphatic carbocycles. The van der Waals surface area contributed by atoms with Crippen molar-refractivity contribution in [1.29, 1.82) is 0 Å². The molecule has 2 rings (SSSR count). The summed E-state index contributed by atoms with van der Waals surface area (Å²) in [6.07, 6.45) is 0.720. The summed E-state index contributed by atoms with van der Waals surface area (Å²) < 4.78 is 22.6. The van der Waals surface area contributed by atoms with Crippen LogP contribution in [0.1, 0.15) is 12.0 Å². The summed E-state index contributed by atoms with van der Waals surface area (Å²) in [6.45, 7) is 0.684. The van der Waals surface area contributed by atoms with Crippen LogP contribution in [0.15, 0.2) is 24.3 Å². The van der Waals surface area contributed by atoms with E-state index in [1.54, 1.807) is 12.1 Å². The molecule has 1 fully saturated rings. The third-order valence-corrected chi connectivity index (χ3v) is 4.48. The zero-order valence-electron chi connectivity index (χ0n) is 10.5. The summed E-state index contributed by atoms with van der Waals surface area (Å²) in [4.78, 5) is 13.3. The Morgan fingerprint density at radius 3 is 2.37 bits per heavy atom. The van der Waals surface area contributed by atoms with Crippen LogP contribution in [0.5, 0.6) is 0 Å². The first-order valence-electron chi connectivity index (χ1n) is 6.03. The second-order valence-corrected chi connectivity index (χ2v) is 6.47. The third kappa shape index (κ3) is 3.12. The van der Waals surface area contributed by atoms with Crippen molar-refractivity contribution in [3.05, 3.63) is 29.8 Å². The lowest BCUT2D eigenvalue weighted by Gasteiger charge is -2.16. The Labute approximate surface area is 112 Å². The van der Waals surface area contributed by atoms with Crippen molar-refractivity contribution in [1.82, 2.24) is 0 Å². The average Bonchev–Trinajstić information content (AvgIpc) is 2.73. The molecule has 1 saturated heterocycles. The highest BCUT2D eigenvalue weighted by atomic mass is 32.2. The van der Waals surface area contributed by atoms with Gasteiger partial charge in [-0.25, -0.2) is 13.6 Å². The molecule has 1 aliphatic heterocycles. The van der Waals surface area contributed by atoms with Gasteiger partial charge in [-0.3, -0.25) is 4.79 Å². The molecular formula is C12H17N3O3S. The number of sulfonamides is 1. The van der Waals surface area contributed by atoms with Crippen LogP contribution in [0.2, 0.25) is 0 Å². The largest absolute Gasteiger partial charge is 0.330 e. The van der Waals surface area contributed by atoms with Gasteiger partial charge in [0.1, 0.15) is 5.25 Å². The second kappa shape index (κ2) is 5.28. The lowest BCUT2D eigenvalue weighted by atomic mass is 10.1. The second-order valence-electron chi connectivity index (χ2n) is 4.62. The minimum absolute atomic E-state index is 0.0522. The highest BCUT2D eigenvalue weighted by Gasteiger charge is 2.37. The number of amides is 1. The van der Waals surface area contributed by atoms with E-state index in [4.69, 9.17) is 10.9 Å². The molecule has 0 radical (unpaired) electrons. The molecule has 4 N–H and O–H groups in total. The fraction of sp³-hybridized carbons (Fsp3) is 0.417. The standard InChI is InChI=1S/C12H17N3O3S/c13-6-5-9-1-3-10(4-2-9)15-8-11(7-12(15)16)19(14,17)18/h1-4,11H,5-8,13H2,(H2,14,17,18). The average molecular weight is 283 g/mol. The molecule has 1 heterocycles. The molecule has 1 atom stereocenters. The van der Waals surface area contributed by atoms with Gasteiger partial charge in [0.15, 0.2) is 0 Å². The lowest BCUT2D eigenvalue weighted by molar-refractivity contribution is -0.117. The predicted molar refractivity (Wildman–Crippen MR) is 73.1 cm³/mol. The van der Waals surface area contributed by atoms with Crippen molar-refractivity contribution in [3.8, 4) is 0 Å². The van der Waals surface area contributed by atoms with E-state index in [9.17, 15) is 13.2 Å². The maximum absolute atomic E-state index is 11.8. The van der Waals surface area contributed by atoms with E-state index < -0.39 is 15.3 Å². The molecule has 7 heteroatoms. The molecule has 1 aromatic carbocycles. The number of hydrogen-bond donors (Lipinski definition) is 2. The first kappa shape index (κ1) is 14.0. The zero-order valence-corrected chi connectivity index (χ0v) is 11.3. The molecule has 1 aliphatic rings. The fourth-order valence-electron chi connectivity index (χ4n) is 2.15. The monoisotopic (exact) mass is 283 g/mol. The van der Waals surface area contributed by atoms with Crippen LogP contribution in [0.3, 0.4) is 0 Å². The Kier molecular flexibility index (Phi) is 3.88. The van der Waals surface area contributed by atoms with Crippen molar-refractivity contribution in [2.75, 3.05) is 18.0 Å². The molecule has 1 amide bonds. The Morgan fingerprint density at radius 2 is 1.89 bits per heavy atom. The van der Waals surface area contributed by atoms with Gasteiger partial charge < -0.3 is 10.6 Å². The van der Waals surface area contributed by atoms with Gasteiger partial charge in [0.2, 0.25) is 15.9 Å². The van der Waals surface area contributed by atoms with Crippen LogP contribution < -0.4 is 15.8 Å². The summed E-state index contributed by atoms with van der Waals surface area (Å²) in [5.74, 6) is -0.217. The molecule has 104 valence electrons. The van der Waals surface area contributed by atoms with E-state index in [1.807, 2.05) is 12.1 Å². The Balaban J connectivity index is 2.16. The molecule has 1 unspecified atom stereocenters. The highest BCUT2D eigenvalue weighted by molar-refractivity contribution is 7.89. The number of anilines is 1. The fourth-order valence-corrected chi connectivity index (χ4v) is 2.89. The number of nitrogens with two attached hydrogens (primary N) is 2. The van der Waals surface area contributed by atoms with Crippen molar-refractivity contribution >= 4 is 21.6 Å². The molecule has 0 spiro atoms. The van der Waals surface area contributed by atoms with Crippen LogP contribution in [0.4, 0.5) is 5.69 Å². The van der Waals surface area contributed by atoms with Crippen LogP contribution in [0, 0.1) is 0 Å². The normalized spacial score (nSPS) is 20.0. The van der Waals surface area contributed by atoms with Gasteiger partial charge >= 0.3 is 0 Å². The summed E-state index contributed by atoms with van der Waals surface area (Å²) in [6, 6.07) is 7.38. The minimum Gasteiger partial charge on any atom is -0.330 e. The Bertz CT molecular complexity index is 568. The van der Waals surface area contributed by atoms with Gasteiger partial charge in [-0.05, 0) is 30.7 Å². The van der Waals surface area contributed by atoms with Gasteiger partial charge in [-0.2, -0.15) is 0 Å². The third-order valence-electron chi connectivity index (χ3n) is 3.24. The number of rotatable bonds is 4. The van der Waals surface area contributed by atoms with E-state index in [0.717, 1.165) is 12.0 Å². The van der Waals surface area contributed by atoms with Gasteiger partial charge in [0.25, 0.3) is 0 Å². The first-order valence-corrected chi connectivity index (χ1v) is 7.63. The zero-order chi connectivity index (χ0) is 14.0. The Hall–Kier alpha value is -1.44.